The minimum Gasteiger partial charge on any atom is -0.449 e. The molecule has 0 aromatic heterocycles. The Morgan fingerprint density at radius 1 is 1.27 bits per heavy atom. The minimum absolute atomic E-state index is 0.326. The van der Waals surface area contributed by atoms with Gasteiger partial charge in [-0.3, -0.25) is 0 Å². The van der Waals surface area contributed by atoms with Crippen LogP contribution in [0.15, 0.2) is 52.3 Å². The van der Waals surface area contributed by atoms with Crippen LogP contribution in [0.3, 0.4) is 0 Å². The molecule has 1 aromatic rings. The van der Waals surface area contributed by atoms with E-state index in [1.54, 1.807) is 13.1 Å². The van der Waals surface area contributed by atoms with Gasteiger partial charge in [-0.25, -0.2) is 10.2 Å². The summed E-state index contributed by atoms with van der Waals surface area (Å²) < 4.78 is 10.3. The molecule has 6 heteroatoms. The van der Waals surface area contributed by atoms with Gasteiger partial charge in [-0.2, -0.15) is 5.10 Å². The smallest absolute Gasteiger partial charge is 0.427 e. The molecule has 0 saturated carbocycles. The summed E-state index contributed by atoms with van der Waals surface area (Å²) in [6, 6.07) is 10.3. The van der Waals surface area contributed by atoms with Gasteiger partial charge in [-0.05, 0) is 42.6 Å². The van der Waals surface area contributed by atoms with Gasteiger partial charge in [0.25, 0.3) is 0 Å². The summed E-state index contributed by atoms with van der Waals surface area (Å²) in [6.45, 7) is 5.28. The Morgan fingerprint density at radius 3 is 2.77 bits per heavy atom. The quantitative estimate of drug-likeness (QED) is 0.651. The second-order valence-electron chi connectivity index (χ2n) is 6.14. The molecule has 0 bridgehead atoms. The van der Waals surface area contributed by atoms with E-state index >= 15 is 0 Å². The first-order valence-electron chi connectivity index (χ1n) is 9.05. The summed E-state index contributed by atoms with van der Waals surface area (Å²) in [5, 5.41) is 4.07. The van der Waals surface area contributed by atoms with Crippen LogP contribution in [-0.4, -0.2) is 50.1 Å². The van der Waals surface area contributed by atoms with Gasteiger partial charge < -0.3 is 14.4 Å². The molecule has 1 fully saturated rings. The Kier molecular flexibility index (Phi) is 6.44. The molecule has 0 spiro atoms. The third kappa shape index (κ3) is 4.73. The van der Waals surface area contributed by atoms with Crippen LogP contribution in [0.4, 0.5) is 4.79 Å². The van der Waals surface area contributed by atoms with Crippen molar-refractivity contribution in [3.8, 4) is 0 Å². The highest BCUT2D eigenvalue weighted by atomic mass is 16.5. The molecule has 1 aliphatic carbocycles. The highest BCUT2D eigenvalue weighted by molar-refractivity contribution is 5.84. The molecule has 3 rings (SSSR count). The number of rotatable bonds is 5. The lowest BCUT2D eigenvalue weighted by Gasteiger charge is -2.31. The zero-order chi connectivity index (χ0) is 18.2. The van der Waals surface area contributed by atoms with Crippen molar-refractivity contribution in [3.05, 3.63) is 52.7 Å². The molecule has 1 aliphatic heterocycles. The number of morpholine rings is 1. The lowest BCUT2D eigenvalue weighted by molar-refractivity contribution is 0.0548. The summed E-state index contributed by atoms with van der Waals surface area (Å²) in [6.07, 6.45) is 5.31. The van der Waals surface area contributed by atoms with Crippen LogP contribution in [0.1, 0.15) is 25.3 Å². The van der Waals surface area contributed by atoms with Crippen molar-refractivity contribution >= 4 is 18.4 Å². The summed E-state index contributed by atoms with van der Waals surface area (Å²) in [5.41, 5.74) is 7.25. The standard InChI is InChI=1S/C20H25N3O3/c1-2-26-20(24)22-21-15-18-9-8-17(14-16-6-4-3-5-7-16)19(18)23-10-12-25-13-11-23/h3-7,14-15H,2,8-13H2,1H3,(H,22,24)/b17-14?,21-15-. The number of hydrogen-bond acceptors (Lipinski definition) is 5. The molecule has 0 atom stereocenters. The van der Waals surface area contributed by atoms with Crippen molar-refractivity contribution < 1.29 is 14.3 Å². The third-order valence-electron chi connectivity index (χ3n) is 4.39. The fourth-order valence-electron chi connectivity index (χ4n) is 3.25. The van der Waals surface area contributed by atoms with Gasteiger partial charge in [-0.15, -0.1) is 0 Å². The maximum Gasteiger partial charge on any atom is 0.427 e. The lowest BCUT2D eigenvalue weighted by Crippen LogP contribution is -2.36. The number of nitrogens with one attached hydrogen (secondary N) is 1. The number of hydrogen-bond donors (Lipinski definition) is 1. The predicted molar refractivity (Wildman–Crippen MR) is 102 cm³/mol. The van der Waals surface area contributed by atoms with E-state index in [1.807, 2.05) is 18.2 Å². The van der Waals surface area contributed by atoms with Crippen LogP contribution in [0, 0.1) is 0 Å². The van der Waals surface area contributed by atoms with E-state index < -0.39 is 6.09 Å². The molecule has 26 heavy (non-hydrogen) atoms. The van der Waals surface area contributed by atoms with Gasteiger partial charge in [0, 0.05) is 18.8 Å². The van der Waals surface area contributed by atoms with E-state index in [1.165, 1.54) is 16.8 Å². The first-order chi connectivity index (χ1) is 12.8. The van der Waals surface area contributed by atoms with E-state index in [-0.39, 0.29) is 0 Å². The number of carbonyl (C=O) groups is 1. The van der Waals surface area contributed by atoms with E-state index in [0.717, 1.165) is 44.7 Å². The Labute approximate surface area is 154 Å². The maximum atomic E-state index is 11.4. The zero-order valence-corrected chi connectivity index (χ0v) is 15.1. The predicted octanol–water partition coefficient (Wildman–Crippen LogP) is 3.18. The summed E-state index contributed by atoms with van der Waals surface area (Å²) in [5.74, 6) is 0. The van der Waals surface area contributed by atoms with Gasteiger partial charge in [0.15, 0.2) is 0 Å². The molecule has 1 saturated heterocycles. The van der Waals surface area contributed by atoms with E-state index in [0.29, 0.717) is 6.61 Å². The molecular weight excluding hydrogens is 330 g/mol. The highest BCUT2D eigenvalue weighted by Gasteiger charge is 2.25. The average Bonchev–Trinajstić information content (AvgIpc) is 3.06. The summed E-state index contributed by atoms with van der Waals surface area (Å²) in [7, 11) is 0. The van der Waals surface area contributed by atoms with Crippen LogP contribution < -0.4 is 5.43 Å². The van der Waals surface area contributed by atoms with E-state index in [2.05, 4.69) is 33.6 Å². The highest BCUT2D eigenvalue weighted by Crippen LogP contribution is 2.34. The fourth-order valence-corrected chi connectivity index (χ4v) is 3.25. The van der Waals surface area contributed by atoms with Gasteiger partial charge in [-0.1, -0.05) is 30.3 Å². The average molecular weight is 355 g/mol. The fraction of sp³-hybridized carbons (Fsp3) is 0.400. The summed E-state index contributed by atoms with van der Waals surface area (Å²) >= 11 is 0. The van der Waals surface area contributed by atoms with Gasteiger partial charge in [0.05, 0.1) is 26.0 Å². The van der Waals surface area contributed by atoms with Crippen LogP contribution in [0.2, 0.25) is 0 Å². The van der Waals surface area contributed by atoms with Crippen molar-refractivity contribution in [2.45, 2.75) is 19.8 Å². The molecule has 2 aliphatic rings. The number of benzene rings is 1. The molecule has 0 radical (unpaired) electrons. The van der Waals surface area contributed by atoms with Crippen molar-refractivity contribution in [3.63, 3.8) is 0 Å². The molecule has 1 aromatic carbocycles. The van der Waals surface area contributed by atoms with E-state index in [9.17, 15) is 4.79 Å². The first kappa shape index (κ1) is 18.2. The zero-order valence-electron chi connectivity index (χ0n) is 15.1. The largest absolute Gasteiger partial charge is 0.449 e. The van der Waals surface area contributed by atoms with Gasteiger partial charge in [0.1, 0.15) is 0 Å². The van der Waals surface area contributed by atoms with Crippen molar-refractivity contribution in [1.82, 2.24) is 10.3 Å². The van der Waals surface area contributed by atoms with Crippen molar-refractivity contribution in [1.29, 1.82) is 0 Å². The molecule has 6 nitrogen and oxygen atoms in total. The number of nitrogens with zero attached hydrogens (tertiary/aromatic N) is 2. The Hall–Kier alpha value is -2.60. The number of hydrazone groups is 1. The number of allylic oxidation sites excluding steroid dienone is 2. The second kappa shape index (κ2) is 9.20. The molecule has 0 unspecified atom stereocenters. The topological polar surface area (TPSA) is 63.2 Å². The Balaban J connectivity index is 1.83. The monoisotopic (exact) mass is 355 g/mol. The minimum atomic E-state index is -0.532. The number of ether oxygens (including phenoxy) is 2. The SMILES string of the molecule is CCOC(=O)N/N=C\C1=C(N2CCOCC2)C(=Cc2ccccc2)CC1. The maximum absolute atomic E-state index is 11.4. The van der Waals surface area contributed by atoms with Crippen molar-refractivity contribution in [2.24, 2.45) is 5.10 Å². The van der Waals surface area contributed by atoms with Crippen LogP contribution in [0.5, 0.6) is 0 Å². The normalized spacial score (nSPS) is 19.4. The first-order valence-corrected chi connectivity index (χ1v) is 9.05. The van der Waals surface area contributed by atoms with Gasteiger partial charge in [0.2, 0.25) is 0 Å². The molecule has 1 amide bonds. The Bertz CT molecular complexity index is 704. The number of carbonyl (C=O) groups excluding carboxylic acids is 1. The second-order valence-corrected chi connectivity index (χ2v) is 6.14. The van der Waals surface area contributed by atoms with Crippen molar-refractivity contribution in [2.75, 3.05) is 32.9 Å². The molecule has 138 valence electrons. The van der Waals surface area contributed by atoms with E-state index in [4.69, 9.17) is 9.47 Å². The third-order valence-corrected chi connectivity index (χ3v) is 4.39. The van der Waals surface area contributed by atoms with Crippen LogP contribution in [0.25, 0.3) is 6.08 Å². The molecule has 1 heterocycles. The summed E-state index contributed by atoms with van der Waals surface area (Å²) in [4.78, 5) is 13.8. The lowest BCUT2D eigenvalue weighted by atomic mass is 10.1. The number of amides is 1. The molecule has 1 N–H and O–H groups in total. The van der Waals surface area contributed by atoms with Crippen LogP contribution in [-0.2, 0) is 9.47 Å². The molecular formula is C20H25N3O3. The van der Waals surface area contributed by atoms with Crippen LogP contribution >= 0.6 is 0 Å². The Morgan fingerprint density at radius 2 is 2.04 bits per heavy atom. The van der Waals surface area contributed by atoms with Gasteiger partial charge >= 0.3 is 6.09 Å².